The molecule has 8 heteroatoms. The molecule has 1 aromatic rings. The quantitative estimate of drug-likeness (QED) is 0.340. The summed E-state index contributed by atoms with van der Waals surface area (Å²) in [5.74, 6) is -0.533. The summed E-state index contributed by atoms with van der Waals surface area (Å²) in [4.78, 5) is 36.4. The second-order valence-electron chi connectivity index (χ2n) is 9.22. The highest BCUT2D eigenvalue weighted by molar-refractivity contribution is 5.81. The third kappa shape index (κ3) is 13.2. The number of hydrogen-bond acceptors (Lipinski definition) is 6. The molecule has 0 saturated heterocycles. The van der Waals surface area contributed by atoms with E-state index in [-0.39, 0.29) is 6.61 Å². The van der Waals surface area contributed by atoms with Gasteiger partial charge in [-0.05, 0) is 66.4 Å². The van der Waals surface area contributed by atoms with E-state index in [0.717, 1.165) is 5.56 Å². The number of carbonyl (C=O) groups is 3. The number of amides is 2. The van der Waals surface area contributed by atoms with Crippen LogP contribution in [0.15, 0.2) is 30.3 Å². The van der Waals surface area contributed by atoms with E-state index < -0.39 is 35.4 Å². The number of rotatable bonds is 9. The number of benzene rings is 1. The zero-order valence-corrected chi connectivity index (χ0v) is 19.4. The van der Waals surface area contributed by atoms with E-state index in [1.54, 1.807) is 41.5 Å². The number of esters is 1. The Bertz CT molecular complexity index is 707. The molecule has 0 spiro atoms. The fourth-order valence-electron chi connectivity index (χ4n) is 2.51. The highest BCUT2D eigenvalue weighted by Gasteiger charge is 2.25. The summed E-state index contributed by atoms with van der Waals surface area (Å²) in [5.41, 5.74) is -0.386. The maximum atomic E-state index is 12.6. The Morgan fingerprint density at radius 1 is 0.871 bits per heavy atom. The molecule has 1 unspecified atom stereocenters. The zero-order valence-electron chi connectivity index (χ0n) is 19.4. The third-order valence-corrected chi connectivity index (χ3v) is 3.79. The highest BCUT2D eigenvalue weighted by atomic mass is 16.6. The minimum absolute atomic E-state index is 0.117. The molecule has 1 rings (SSSR count). The van der Waals surface area contributed by atoms with Gasteiger partial charge < -0.3 is 24.8 Å². The maximum absolute atomic E-state index is 12.6. The molecule has 0 heterocycles. The molecule has 0 aromatic heterocycles. The number of ether oxygens (including phenoxy) is 3. The van der Waals surface area contributed by atoms with Gasteiger partial charge in [-0.2, -0.15) is 0 Å². The van der Waals surface area contributed by atoms with Crippen LogP contribution in [0.5, 0.6) is 0 Å². The topological polar surface area (TPSA) is 103 Å². The molecular formula is C23H36N2O6. The third-order valence-electron chi connectivity index (χ3n) is 3.79. The number of unbranched alkanes of at least 4 members (excludes halogenated alkanes) is 1. The molecule has 31 heavy (non-hydrogen) atoms. The van der Waals surface area contributed by atoms with Crippen LogP contribution in [-0.2, 0) is 25.6 Å². The van der Waals surface area contributed by atoms with E-state index >= 15 is 0 Å². The van der Waals surface area contributed by atoms with Crippen molar-refractivity contribution in [2.75, 3.05) is 6.54 Å². The minimum atomic E-state index is -0.847. The fourth-order valence-corrected chi connectivity index (χ4v) is 2.51. The van der Waals surface area contributed by atoms with Crippen molar-refractivity contribution in [1.29, 1.82) is 0 Å². The molecule has 0 aliphatic heterocycles. The lowest BCUT2D eigenvalue weighted by atomic mass is 10.1. The van der Waals surface area contributed by atoms with Crippen molar-refractivity contribution >= 4 is 18.2 Å². The van der Waals surface area contributed by atoms with Crippen LogP contribution in [0.2, 0.25) is 0 Å². The first-order chi connectivity index (χ1) is 14.4. The molecule has 8 nitrogen and oxygen atoms in total. The summed E-state index contributed by atoms with van der Waals surface area (Å²) < 4.78 is 15.8. The van der Waals surface area contributed by atoms with Crippen LogP contribution >= 0.6 is 0 Å². The van der Waals surface area contributed by atoms with Gasteiger partial charge in [0, 0.05) is 6.54 Å². The summed E-state index contributed by atoms with van der Waals surface area (Å²) in [5, 5.41) is 5.26. The predicted molar refractivity (Wildman–Crippen MR) is 117 cm³/mol. The van der Waals surface area contributed by atoms with Gasteiger partial charge in [-0.25, -0.2) is 14.4 Å². The van der Waals surface area contributed by atoms with Crippen molar-refractivity contribution in [2.24, 2.45) is 0 Å². The molecule has 174 valence electrons. The van der Waals surface area contributed by atoms with Gasteiger partial charge in [0.15, 0.2) is 0 Å². The van der Waals surface area contributed by atoms with Crippen molar-refractivity contribution in [3.8, 4) is 0 Å². The van der Waals surface area contributed by atoms with Gasteiger partial charge >= 0.3 is 18.2 Å². The van der Waals surface area contributed by atoms with Crippen LogP contribution in [-0.4, -0.2) is 41.9 Å². The zero-order chi connectivity index (χ0) is 23.5. The molecule has 1 aromatic carbocycles. The molecule has 0 fully saturated rings. The van der Waals surface area contributed by atoms with Crippen molar-refractivity contribution in [3.63, 3.8) is 0 Å². The summed E-state index contributed by atoms with van der Waals surface area (Å²) in [6.07, 6.45) is 0.372. The predicted octanol–water partition coefficient (Wildman–Crippen LogP) is 4.32. The Labute approximate surface area is 185 Å². The second kappa shape index (κ2) is 12.2. The first kappa shape index (κ1) is 26.3. The molecule has 0 radical (unpaired) electrons. The normalized spacial score (nSPS) is 12.5. The molecule has 0 saturated carbocycles. The number of hydrogen-bond donors (Lipinski definition) is 2. The van der Waals surface area contributed by atoms with Crippen molar-refractivity contribution in [2.45, 2.75) is 84.7 Å². The van der Waals surface area contributed by atoms with Crippen LogP contribution in [0, 0.1) is 0 Å². The van der Waals surface area contributed by atoms with Gasteiger partial charge in [0.25, 0.3) is 0 Å². The van der Waals surface area contributed by atoms with Gasteiger partial charge in [0.05, 0.1) is 0 Å². The maximum Gasteiger partial charge on any atom is 0.408 e. The molecule has 0 aliphatic rings. The van der Waals surface area contributed by atoms with Gasteiger partial charge in [-0.1, -0.05) is 30.3 Å². The Hall–Kier alpha value is -2.77. The average Bonchev–Trinajstić information content (AvgIpc) is 2.62. The van der Waals surface area contributed by atoms with Gasteiger partial charge in [-0.15, -0.1) is 0 Å². The van der Waals surface area contributed by atoms with Crippen LogP contribution in [0.25, 0.3) is 0 Å². The van der Waals surface area contributed by atoms with E-state index in [1.165, 1.54) is 0 Å². The molecule has 0 bridgehead atoms. The van der Waals surface area contributed by atoms with Gasteiger partial charge in [0.1, 0.15) is 23.9 Å². The van der Waals surface area contributed by atoms with Crippen LogP contribution < -0.4 is 10.6 Å². The van der Waals surface area contributed by atoms with E-state index in [0.29, 0.717) is 25.8 Å². The van der Waals surface area contributed by atoms with Crippen LogP contribution in [0.4, 0.5) is 9.59 Å². The van der Waals surface area contributed by atoms with Crippen molar-refractivity contribution < 1.29 is 28.6 Å². The second-order valence-corrected chi connectivity index (χ2v) is 9.22. The lowest BCUT2D eigenvalue weighted by Crippen LogP contribution is -2.44. The monoisotopic (exact) mass is 436 g/mol. The van der Waals surface area contributed by atoms with Gasteiger partial charge in [-0.3, -0.25) is 0 Å². The molecule has 0 aliphatic carbocycles. The summed E-state index contributed by atoms with van der Waals surface area (Å²) in [6, 6.07) is 8.45. The van der Waals surface area contributed by atoms with Crippen molar-refractivity contribution in [1.82, 2.24) is 10.6 Å². The number of alkyl carbamates (subject to hydrolysis) is 2. The lowest BCUT2D eigenvalue weighted by Gasteiger charge is -2.23. The van der Waals surface area contributed by atoms with Crippen LogP contribution in [0.1, 0.15) is 66.4 Å². The summed E-state index contributed by atoms with van der Waals surface area (Å²) in [7, 11) is 0. The molecular weight excluding hydrogens is 400 g/mol. The highest BCUT2D eigenvalue weighted by Crippen LogP contribution is 2.11. The first-order valence-corrected chi connectivity index (χ1v) is 10.5. The molecule has 2 amide bonds. The first-order valence-electron chi connectivity index (χ1n) is 10.5. The lowest BCUT2D eigenvalue weighted by molar-refractivity contribution is -0.147. The van der Waals surface area contributed by atoms with E-state index in [2.05, 4.69) is 10.6 Å². The van der Waals surface area contributed by atoms with Crippen molar-refractivity contribution in [3.05, 3.63) is 35.9 Å². The molecule has 2 N–H and O–H groups in total. The SMILES string of the molecule is CC(C)(C)OC(=O)NCCCCC(NC(=O)OC(C)(C)C)C(=O)OCc1ccccc1. The minimum Gasteiger partial charge on any atom is -0.459 e. The molecule has 1 atom stereocenters. The van der Waals surface area contributed by atoms with E-state index in [4.69, 9.17) is 14.2 Å². The smallest absolute Gasteiger partial charge is 0.408 e. The Balaban J connectivity index is 2.54. The Morgan fingerprint density at radius 3 is 2.03 bits per heavy atom. The standard InChI is InChI=1S/C23H36N2O6/c1-22(2,3)30-20(27)24-15-11-10-14-18(25-21(28)31-23(4,5)6)19(26)29-16-17-12-8-7-9-13-17/h7-9,12-13,18H,10-11,14-16H2,1-6H3,(H,24,27)(H,25,28). The average molecular weight is 437 g/mol. The van der Waals surface area contributed by atoms with E-state index in [9.17, 15) is 14.4 Å². The number of carbonyl (C=O) groups excluding carboxylic acids is 3. The summed E-state index contributed by atoms with van der Waals surface area (Å²) in [6.45, 7) is 11.1. The van der Waals surface area contributed by atoms with E-state index in [1.807, 2.05) is 30.3 Å². The van der Waals surface area contributed by atoms with Gasteiger partial charge in [0.2, 0.25) is 0 Å². The van der Waals surface area contributed by atoms with Crippen LogP contribution in [0.3, 0.4) is 0 Å². The fraction of sp³-hybridized carbons (Fsp3) is 0.609. The summed E-state index contributed by atoms with van der Waals surface area (Å²) >= 11 is 0. The largest absolute Gasteiger partial charge is 0.459 e. The number of nitrogens with one attached hydrogen (secondary N) is 2. The Morgan fingerprint density at radius 2 is 1.45 bits per heavy atom. The Kier molecular flexibility index (Phi) is 10.3.